The topological polar surface area (TPSA) is 66.6 Å². The maximum atomic E-state index is 13.0. The number of ether oxygens (including phenoxy) is 3. The summed E-state index contributed by atoms with van der Waals surface area (Å²) in [7, 11) is 0. The van der Waals surface area contributed by atoms with Gasteiger partial charge in [0.05, 0.1) is 6.20 Å². The number of aromatic nitrogens is 1. The molecule has 2 heterocycles. The molecule has 5 nitrogen and oxygen atoms in total. The van der Waals surface area contributed by atoms with Crippen LogP contribution in [0.25, 0.3) is 0 Å². The number of nitrogens with two attached hydrogens (primary N) is 1. The highest BCUT2D eigenvalue weighted by molar-refractivity contribution is 5.51. The molecule has 0 bridgehead atoms. The van der Waals surface area contributed by atoms with E-state index in [1.54, 1.807) is 18.3 Å². The molecular formula is C14H13FN2O3. The normalized spacial score (nSPS) is 12.5. The van der Waals surface area contributed by atoms with Crippen LogP contribution in [0.3, 0.4) is 0 Å². The average Bonchev–Trinajstić information content (AvgIpc) is 2.91. The van der Waals surface area contributed by atoms with Crippen LogP contribution in [-0.4, -0.2) is 11.8 Å². The Hall–Kier alpha value is -2.34. The summed E-state index contributed by atoms with van der Waals surface area (Å²) in [5, 5.41) is 0. The second kappa shape index (κ2) is 5.34. The Morgan fingerprint density at radius 1 is 1.20 bits per heavy atom. The molecule has 0 spiro atoms. The second-order valence-electron chi connectivity index (χ2n) is 4.32. The minimum atomic E-state index is -0.393. The number of rotatable bonds is 4. The molecule has 6 heteroatoms. The summed E-state index contributed by atoms with van der Waals surface area (Å²) < 4.78 is 29.3. The van der Waals surface area contributed by atoms with E-state index in [9.17, 15) is 4.39 Å². The lowest BCUT2D eigenvalue weighted by molar-refractivity contribution is 0.173. The first-order valence-electron chi connectivity index (χ1n) is 6.11. The van der Waals surface area contributed by atoms with Gasteiger partial charge in [-0.25, -0.2) is 4.39 Å². The monoisotopic (exact) mass is 276 g/mol. The molecule has 2 N–H and O–H groups in total. The molecule has 0 unspecified atom stereocenters. The van der Waals surface area contributed by atoms with Crippen LogP contribution in [-0.2, 0) is 13.2 Å². The van der Waals surface area contributed by atoms with E-state index in [1.807, 2.05) is 0 Å². The SMILES string of the molecule is NCc1cc2c(cc1OCc1cncc(F)c1)OCO2. The fraction of sp³-hybridized carbons (Fsp3) is 0.214. The van der Waals surface area contributed by atoms with Crippen molar-refractivity contribution in [3.05, 3.63) is 47.5 Å². The van der Waals surface area contributed by atoms with Gasteiger partial charge in [-0.2, -0.15) is 0 Å². The summed E-state index contributed by atoms with van der Waals surface area (Å²) >= 11 is 0. The molecule has 0 amide bonds. The molecule has 0 saturated heterocycles. The number of pyridine rings is 1. The van der Waals surface area contributed by atoms with Crippen molar-refractivity contribution in [1.82, 2.24) is 4.98 Å². The van der Waals surface area contributed by atoms with Gasteiger partial charge >= 0.3 is 0 Å². The zero-order valence-corrected chi connectivity index (χ0v) is 10.6. The Kier molecular flexibility index (Phi) is 3.39. The molecule has 1 aliphatic rings. The van der Waals surface area contributed by atoms with Crippen molar-refractivity contribution in [1.29, 1.82) is 0 Å². The molecule has 0 radical (unpaired) electrons. The van der Waals surface area contributed by atoms with Crippen LogP contribution in [0.4, 0.5) is 4.39 Å². The summed E-state index contributed by atoms with van der Waals surface area (Å²) in [6.45, 7) is 0.710. The smallest absolute Gasteiger partial charge is 0.231 e. The largest absolute Gasteiger partial charge is 0.488 e. The van der Waals surface area contributed by atoms with Gasteiger partial charge in [0.2, 0.25) is 6.79 Å². The lowest BCUT2D eigenvalue weighted by Crippen LogP contribution is -2.03. The quantitative estimate of drug-likeness (QED) is 0.925. The van der Waals surface area contributed by atoms with Gasteiger partial charge in [-0.1, -0.05) is 0 Å². The minimum Gasteiger partial charge on any atom is -0.488 e. The molecule has 104 valence electrons. The van der Waals surface area contributed by atoms with E-state index >= 15 is 0 Å². The maximum Gasteiger partial charge on any atom is 0.231 e. The van der Waals surface area contributed by atoms with Crippen LogP contribution in [0.5, 0.6) is 17.2 Å². The van der Waals surface area contributed by atoms with Crippen molar-refractivity contribution in [3.63, 3.8) is 0 Å². The fourth-order valence-corrected chi connectivity index (χ4v) is 1.96. The van der Waals surface area contributed by atoms with E-state index in [4.69, 9.17) is 19.9 Å². The van der Waals surface area contributed by atoms with Gasteiger partial charge in [0.25, 0.3) is 0 Å². The lowest BCUT2D eigenvalue weighted by Gasteiger charge is -2.11. The number of nitrogens with zero attached hydrogens (tertiary/aromatic N) is 1. The predicted octanol–water partition coefficient (Wildman–Crippen LogP) is 1.99. The van der Waals surface area contributed by atoms with Gasteiger partial charge in [-0.05, 0) is 12.1 Å². The van der Waals surface area contributed by atoms with E-state index in [1.165, 1.54) is 6.07 Å². The number of halogens is 1. The van der Waals surface area contributed by atoms with Crippen molar-refractivity contribution >= 4 is 0 Å². The van der Waals surface area contributed by atoms with Gasteiger partial charge in [-0.3, -0.25) is 4.98 Å². The van der Waals surface area contributed by atoms with Crippen LogP contribution in [0.1, 0.15) is 11.1 Å². The van der Waals surface area contributed by atoms with Gasteiger partial charge in [-0.15, -0.1) is 0 Å². The molecule has 0 aliphatic carbocycles. The number of hydrogen-bond donors (Lipinski definition) is 1. The molecule has 3 rings (SSSR count). The number of benzene rings is 1. The minimum absolute atomic E-state index is 0.191. The molecular weight excluding hydrogens is 263 g/mol. The summed E-state index contributed by atoms with van der Waals surface area (Å²) in [5.41, 5.74) is 7.14. The highest BCUT2D eigenvalue weighted by atomic mass is 19.1. The fourth-order valence-electron chi connectivity index (χ4n) is 1.96. The zero-order valence-electron chi connectivity index (χ0n) is 10.6. The van der Waals surface area contributed by atoms with Crippen LogP contribution in [0, 0.1) is 5.82 Å². The van der Waals surface area contributed by atoms with Gasteiger partial charge < -0.3 is 19.9 Å². The lowest BCUT2D eigenvalue weighted by atomic mass is 10.1. The highest BCUT2D eigenvalue weighted by Crippen LogP contribution is 2.38. The van der Waals surface area contributed by atoms with Crippen molar-refractivity contribution < 1.29 is 18.6 Å². The van der Waals surface area contributed by atoms with Crippen LogP contribution < -0.4 is 19.9 Å². The van der Waals surface area contributed by atoms with Crippen LogP contribution in [0.2, 0.25) is 0 Å². The maximum absolute atomic E-state index is 13.0. The van der Waals surface area contributed by atoms with Crippen LogP contribution in [0.15, 0.2) is 30.6 Å². The summed E-state index contributed by atoms with van der Waals surface area (Å²) in [5.74, 6) is 1.48. The van der Waals surface area contributed by atoms with E-state index in [2.05, 4.69) is 4.98 Å². The number of fused-ring (bicyclic) bond motifs is 1. The molecule has 0 atom stereocenters. The Morgan fingerprint density at radius 3 is 2.75 bits per heavy atom. The summed E-state index contributed by atoms with van der Waals surface area (Å²) in [6, 6.07) is 4.90. The van der Waals surface area contributed by atoms with Crippen molar-refractivity contribution in [2.75, 3.05) is 6.79 Å². The Bertz CT molecular complexity index is 634. The standard InChI is InChI=1S/C14H13FN2O3/c15-11-1-9(5-17-6-11)7-18-12-3-14-13(19-8-20-14)2-10(12)4-16/h1-3,5-6H,4,7-8,16H2. The predicted molar refractivity (Wildman–Crippen MR) is 69.0 cm³/mol. The van der Waals surface area contributed by atoms with E-state index < -0.39 is 5.82 Å². The van der Waals surface area contributed by atoms with Crippen molar-refractivity contribution in [3.8, 4) is 17.2 Å². The first-order valence-corrected chi connectivity index (χ1v) is 6.11. The van der Waals surface area contributed by atoms with Gasteiger partial charge in [0.15, 0.2) is 11.5 Å². The molecule has 1 aromatic heterocycles. The molecule has 1 aromatic carbocycles. The number of hydrogen-bond acceptors (Lipinski definition) is 5. The van der Waals surface area contributed by atoms with Crippen molar-refractivity contribution in [2.24, 2.45) is 5.73 Å². The molecule has 1 aliphatic heterocycles. The second-order valence-corrected chi connectivity index (χ2v) is 4.32. The zero-order chi connectivity index (χ0) is 13.9. The van der Waals surface area contributed by atoms with E-state index in [0.717, 1.165) is 11.8 Å². The van der Waals surface area contributed by atoms with E-state index in [-0.39, 0.29) is 13.4 Å². The Balaban J connectivity index is 1.80. The Morgan fingerprint density at radius 2 is 2.00 bits per heavy atom. The Labute approximate surface area is 115 Å². The summed E-state index contributed by atoms with van der Waals surface area (Å²) in [6.07, 6.45) is 2.70. The molecule has 0 fully saturated rings. The first kappa shape index (κ1) is 12.7. The molecule has 2 aromatic rings. The van der Waals surface area contributed by atoms with Gasteiger partial charge in [0.1, 0.15) is 18.2 Å². The summed E-state index contributed by atoms with van der Waals surface area (Å²) in [4.78, 5) is 3.77. The third-order valence-corrected chi connectivity index (χ3v) is 2.93. The van der Waals surface area contributed by atoms with Crippen molar-refractivity contribution in [2.45, 2.75) is 13.2 Å². The average molecular weight is 276 g/mol. The van der Waals surface area contributed by atoms with E-state index in [0.29, 0.717) is 29.4 Å². The molecule has 20 heavy (non-hydrogen) atoms. The highest BCUT2D eigenvalue weighted by Gasteiger charge is 2.17. The molecule has 0 saturated carbocycles. The van der Waals surface area contributed by atoms with Crippen LogP contribution >= 0.6 is 0 Å². The third-order valence-electron chi connectivity index (χ3n) is 2.93. The third kappa shape index (κ3) is 2.50. The van der Waals surface area contributed by atoms with Gasteiger partial charge in [0, 0.05) is 29.9 Å². The first-order chi connectivity index (χ1) is 9.76.